The summed E-state index contributed by atoms with van der Waals surface area (Å²) in [4.78, 5) is 12.7. The standard InChI is InChI=1S/C13H12BrNO2S/c14-11-6-7-18-12(11)8-15-13(16)9-17-10-4-2-1-3-5-10/h1-7H,8-9H2,(H,15,16). The SMILES string of the molecule is O=C(COc1ccccc1)NCc1sccc1Br. The predicted molar refractivity (Wildman–Crippen MR) is 75.8 cm³/mol. The van der Waals surface area contributed by atoms with Crippen LogP contribution in [0.1, 0.15) is 4.88 Å². The molecule has 0 saturated carbocycles. The number of carbonyl (C=O) groups excluding carboxylic acids is 1. The third-order valence-electron chi connectivity index (χ3n) is 2.25. The van der Waals surface area contributed by atoms with E-state index >= 15 is 0 Å². The van der Waals surface area contributed by atoms with Crippen molar-refractivity contribution in [1.82, 2.24) is 5.32 Å². The van der Waals surface area contributed by atoms with E-state index in [0.717, 1.165) is 9.35 Å². The summed E-state index contributed by atoms with van der Waals surface area (Å²) in [6.07, 6.45) is 0. The molecule has 2 rings (SSSR count). The van der Waals surface area contributed by atoms with Gasteiger partial charge in [0.1, 0.15) is 5.75 Å². The minimum absolute atomic E-state index is 0.0347. The predicted octanol–water partition coefficient (Wildman–Crippen LogP) is 3.21. The number of thiophene rings is 1. The van der Waals surface area contributed by atoms with Gasteiger partial charge in [-0.05, 0) is 39.5 Å². The molecule has 1 aromatic carbocycles. The molecule has 2 aromatic rings. The van der Waals surface area contributed by atoms with Gasteiger partial charge in [0.25, 0.3) is 5.91 Å². The van der Waals surface area contributed by atoms with Crippen LogP contribution < -0.4 is 10.1 Å². The Morgan fingerprint density at radius 1 is 1.28 bits per heavy atom. The summed E-state index contributed by atoms with van der Waals surface area (Å²) in [7, 11) is 0. The van der Waals surface area contributed by atoms with Crippen molar-refractivity contribution in [3.63, 3.8) is 0 Å². The molecule has 0 unspecified atom stereocenters. The summed E-state index contributed by atoms with van der Waals surface area (Å²) < 4.78 is 6.37. The highest BCUT2D eigenvalue weighted by atomic mass is 79.9. The fourth-order valence-electron chi connectivity index (χ4n) is 1.35. The van der Waals surface area contributed by atoms with Crippen LogP contribution in [0.3, 0.4) is 0 Å². The lowest BCUT2D eigenvalue weighted by Gasteiger charge is -2.06. The van der Waals surface area contributed by atoms with E-state index in [1.807, 2.05) is 41.8 Å². The van der Waals surface area contributed by atoms with Crippen molar-refractivity contribution in [2.75, 3.05) is 6.61 Å². The molecule has 1 N–H and O–H groups in total. The van der Waals surface area contributed by atoms with Crippen molar-refractivity contribution < 1.29 is 9.53 Å². The van der Waals surface area contributed by atoms with Gasteiger partial charge in [0.15, 0.2) is 6.61 Å². The van der Waals surface area contributed by atoms with Crippen LogP contribution in [0.25, 0.3) is 0 Å². The molecule has 0 atom stereocenters. The first kappa shape index (κ1) is 13.1. The zero-order valence-electron chi connectivity index (χ0n) is 9.56. The molecule has 1 heterocycles. The molecule has 94 valence electrons. The Morgan fingerprint density at radius 2 is 2.06 bits per heavy atom. The molecule has 0 aliphatic carbocycles. The largest absolute Gasteiger partial charge is 0.484 e. The molecule has 18 heavy (non-hydrogen) atoms. The Hall–Kier alpha value is -1.33. The number of ether oxygens (including phenoxy) is 1. The van der Waals surface area contributed by atoms with E-state index in [4.69, 9.17) is 4.74 Å². The average Bonchev–Trinajstić information content (AvgIpc) is 2.81. The molecule has 0 aliphatic rings. The van der Waals surface area contributed by atoms with Crippen LogP contribution in [-0.2, 0) is 11.3 Å². The molecule has 0 radical (unpaired) electrons. The van der Waals surface area contributed by atoms with Gasteiger partial charge in [-0.3, -0.25) is 4.79 Å². The smallest absolute Gasteiger partial charge is 0.258 e. The van der Waals surface area contributed by atoms with Crippen LogP contribution in [-0.4, -0.2) is 12.5 Å². The average molecular weight is 326 g/mol. The highest BCUT2D eigenvalue weighted by molar-refractivity contribution is 9.10. The zero-order valence-corrected chi connectivity index (χ0v) is 12.0. The Morgan fingerprint density at radius 3 is 2.72 bits per heavy atom. The molecule has 0 bridgehead atoms. The Balaban J connectivity index is 1.75. The summed E-state index contributed by atoms with van der Waals surface area (Å²) in [6.45, 7) is 0.558. The number of benzene rings is 1. The first-order chi connectivity index (χ1) is 8.75. The molecular weight excluding hydrogens is 314 g/mol. The van der Waals surface area contributed by atoms with E-state index < -0.39 is 0 Å². The molecule has 5 heteroatoms. The Bertz CT molecular complexity index is 513. The number of rotatable bonds is 5. The number of carbonyl (C=O) groups is 1. The second-order valence-electron chi connectivity index (χ2n) is 3.57. The van der Waals surface area contributed by atoms with Crippen molar-refractivity contribution in [3.8, 4) is 5.75 Å². The maximum absolute atomic E-state index is 11.6. The number of hydrogen-bond donors (Lipinski definition) is 1. The monoisotopic (exact) mass is 325 g/mol. The molecule has 0 saturated heterocycles. The Labute approximate surface area is 118 Å². The first-order valence-electron chi connectivity index (χ1n) is 5.42. The molecule has 1 amide bonds. The van der Waals surface area contributed by atoms with E-state index in [-0.39, 0.29) is 12.5 Å². The van der Waals surface area contributed by atoms with E-state index in [1.54, 1.807) is 11.3 Å². The normalized spacial score (nSPS) is 10.1. The lowest BCUT2D eigenvalue weighted by molar-refractivity contribution is -0.123. The topological polar surface area (TPSA) is 38.3 Å². The molecule has 0 fully saturated rings. The van der Waals surface area contributed by atoms with Crippen molar-refractivity contribution in [2.45, 2.75) is 6.54 Å². The fourth-order valence-corrected chi connectivity index (χ4v) is 2.78. The highest BCUT2D eigenvalue weighted by Gasteiger charge is 2.05. The van der Waals surface area contributed by atoms with Crippen LogP contribution in [0.5, 0.6) is 5.75 Å². The molecule has 1 aromatic heterocycles. The van der Waals surface area contributed by atoms with Gasteiger partial charge in [0, 0.05) is 9.35 Å². The van der Waals surface area contributed by atoms with Crippen LogP contribution in [0.15, 0.2) is 46.3 Å². The van der Waals surface area contributed by atoms with Gasteiger partial charge in [-0.1, -0.05) is 18.2 Å². The zero-order chi connectivity index (χ0) is 12.8. The van der Waals surface area contributed by atoms with E-state index in [2.05, 4.69) is 21.2 Å². The summed E-state index contributed by atoms with van der Waals surface area (Å²) in [5, 5.41) is 4.79. The number of nitrogens with one attached hydrogen (secondary N) is 1. The van der Waals surface area contributed by atoms with Crippen molar-refractivity contribution in [3.05, 3.63) is 51.1 Å². The van der Waals surface area contributed by atoms with E-state index in [1.165, 1.54) is 0 Å². The number of halogens is 1. The highest BCUT2D eigenvalue weighted by Crippen LogP contribution is 2.22. The van der Waals surface area contributed by atoms with E-state index in [9.17, 15) is 4.79 Å². The van der Waals surface area contributed by atoms with E-state index in [0.29, 0.717) is 12.3 Å². The maximum atomic E-state index is 11.6. The third-order valence-corrected chi connectivity index (χ3v) is 4.18. The van der Waals surface area contributed by atoms with Gasteiger partial charge in [-0.15, -0.1) is 11.3 Å². The van der Waals surface area contributed by atoms with Gasteiger partial charge in [-0.25, -0.2) is 0 Å². The second kappa shape index (κ2) is 6.56. The lowest BCUT2D eigenvalue weighted by atomic mass is 10.3. The summed E-state index contributed by atoms with van der Waals surface area (Å²) >= 11 is 5.02. The third kappa shape index (κ3) is 3.85. The summed E-state index contributed by atoms with van der Waals surface area (Å²) in [6, 6.07) is 11.3. The quantitative estimate of drug-likeness (QED) is 0.916. The van der Waals surface area contributed by atoms with Crippen LogP contribution in [0.4, 0.5) is 0 Å². The van der Waals surface area contributed by atoms with Crippen molar-refractivity contribution in [1.29, 1.82) is 0 Å². The van der Waals surface area contributed by atoms with Gasteiger partial charge in [-0.2, -0.15) is 0 Å². The maximum Gasteiger partial charge on any atom is 0.258 e. The van der Waals surface area contributed by atoms with Crippen molar-refractivity contribution in [2.24, 2.45) is 0 Å². The number of para-hydroxylation sites is 1. The Kier molecular flexibility index (Phi) is 4.78. The number of hydrogen-bond acceptors (Lipinski definition) is 3. The summed E-state index contributed by atoms with van der Waals surface area (Å²) in [5.74, 6) is 0.573. The van der Waals surface area contributed by atoms with Crippen LogP contribution in [0.2, 0.25) is 0 Å². The molecule has 0 spiro atoms. The van der Waals surface area contributed by atoms with Gasteiger partial charge in [0.05, 0.1) is 6.54 Å². The second-order valence-corrected chi connectivity index (χ2v) is 5.43. The minimum Gasteiger partial charge on any atom is -0.484 e. The lowest BCUT2D eigenvalue weighted by Crippen LogP contribution is -2.28. The van der Waals surface area contributed by atoms with Crippen molar-refractivity contribution >= 4 is 33.2 Å². The molecule has 0 aliphatic heterocycles. The number of amides is 1. The first-order valence-corrected chi connectivity index (χ1v) is 7.09. The van der Waals surface area contributed by atoms with Crippen LogP contribution >= 0.6 is 27.3 Å². The van der Waals surface area contributed by atoms with Gasteiger partial charge < -0.3 is 10.1 Å². The molecule has 3 nitrogen and oxygen atoms in total. The fraction of sp³-hybridized carbons (Fsp3) is 0.154. The van der Waals surface area contributed by atoms with Gasteiger partial charge in [0.2, 0.25) is 0 Å². The molecular formula is C13H12BrNO2S. The van der Waals surface area contributed by atoms with Crippen LogP contribution in [0, 0.1) is 0 Å². The minimum atomic E-state index is -0.126. The summed E-state index contributed by atoms with van der Waals surface area (Å²) in [5.41, 5.74) is 0. The van der Waals surface area contributed by atoms with Gasteiger partial charge >= 0.3 is 0 Å².